The Kier molecular flexibility index (Phi) is 9.57. The number of hydrogen-bond donors (Lipinski definition) is 2. The second-order valence-corrected chi connectivity index (χ2v) is 9.94. The quantitative estimate of drug-likeness (QED) is 0.376. The van der Waals surface area contributed by atoms with Crippen molar-refractivity contribution >= 4 is 11.9 Å². The first-order valence-corrected chi connectivity index (χ1v) is 12.4. The van der Waals surface area contributed by atoms with Crippen molar-refractivity contribution < 1.29 is 14.3 Å². The maximum absolute atomic E-state index is 13.1. The number of nitrogens with zero attached hydrogens (tertiary/aromatic N) is 2. The molecule has 2 N–H and O–H groups in total. The fourth-order valence-electron chi connectivity index (χ4n) is 4.30. The van der Waals surface area contributed by atoms with Gasteiger partial charge >= 0.3 is 5.97 Å². The number of carbonyl (C=O) groups excluding carboxylic acids is 2. The highest BCUT2D eigenvalue weighted by atomic mass is 16.6. The van der Waals surface area contributed by atoms with Crippen molar-refractivity contribution in [3.05, 3.63) is 59.7 Å². The fraction of sp³-hybridized carbons (Fsp3) is 0.556. The molecule has 1 aliphatic carbocycles. The van der Waals surface area contributed by atoms with Crippen molar-refractivity contribution in [3.63, 3.8) is 0 Å². The van der Waals surface area contributed by atoms with Gasteiger partial charge in [0.05, 0.1) is 30.0 Å². The third kappa shape index (κ3) is 8.52. The van der Waals surface area contributed by atoms with Crippen LogP contribution in [-0.4, -0.2) is 33.5 Å². The summed E-state index contributed by atoms with van der Waals surface area (Å²) in [5.74, 6) is -0.194. The number of amides is 1. The van der Waals surface area contributed by atoms with E-state index in [1.54, 1.807) is 6.20 Å². The molecule has 0 radical (unpaired) electrons. The number of ether oxygens (including phenoxy) is 1. The lowest BCUT2D eigenvalue weighted by atomic mass is 9.91. The summed E-state index contributed by atoms with van der Waals surface area (Å²) in [4.78, 5) is 34.0. The lowest BCUT2D eigenvalue weighted by molar-refractivity contribution is -0.154. The Morgan fingerprint density at radius 3 is 2.68 bits per heavy atom. The molecule has 2 atom stereocenters. The zero-order valence-corrected chi connectivity index (χ0v) is 20.7. The summed E-state index contributed by atoms with van der Waals surface area (Å²) in [6, 6.07) is 9.52. The number of hydrogen-bond acceptors (Lipinski definition) is 6. The average Bonchev–Trinajstić information content (AvgIpc) is 2.81. The Labute approximate surface area is 203 Å². The van der Waals surface area contributed by atoms with Crippen LogP contribution in [0.3, 0.4) is 0 Å². The summed E-state index contributed by atoms with van der Waals surface area (Å²) in [6.45, 7) is 6.03. The van der Waals surface area contributed by atoms with E-state index in [1.165, 1.54) is 5.56 Å². The molecule has 0 aromatic carbocycles. The van der Waals surface area contributed by atoms with Gasteiger partial charge < -0.3 is 10.1 Å². The van der Waals surface area contributed by atoms with E-state index in [2.05, 4.69) is 26.7 Å². The molecule has 2 aromatic heterocycles. The maximum Gasteiger partial charge on any atom is 0.306 e. The highest BCUT2D eigenvalue weighted by Gasteiger charge is 2.27. The van der Waals surface area contributed by atoms with Gasteiger partial charge in [0.25, 0.3) is 0 Å². The predicted molar refractivity (Wildman–Crippen MR) is 132 cm³/mol. The molecule has 7 heteroatoms. The molecular weight excluding hydrogens is 428 g/mol. The van der Waals surface area contributed by atoms with Crippen molar-refractivity contribution in [1.29, 1.82) is 0 Å². The highest BCUT2D eigenvalue weighted by molar-refractivity contribution is 5.81. The average molecular weight is 467 g/mol. The van der Waals surface area contributed by atoms with Gasteiger partial charge in [-0.2, -0.15) is 0 Å². The van der Waals surface area contributed by atoms with Crippen LogP contribution in [0.25, 0.3) is 0 Å². The van der Waals surface area contributed by atoms with E-state index < -0.39 is 5.60 Å². The van der Waals surface area contributed by atoms with E-state index in [-0.39, 0.29) is 24.0 Å². The number of pyridine rings is 2. The molecule has 1 unspecified atom stereocenters. The minimum atomic E-state index is -0.456. The number of nitrogens with one attached hydrogen (secondary N) is 2. The molecule has 2 heterocycles. The number of unbranched alkanes of at least 4 members (excludes halogenated alkanes) is 2. The summed E-state index contributed by atoms with van der Waals surface area (Å²) in [5, 5.41) is 6.63. The number of rotatable bonds is 11. The van der Waals surface area contributed by atoms with E-state index in [0.29, 0.717) is 19.4 Å². The number of esters is 1. The fourth-order valence-corrected chi connectivity index (χ4v) is 4.30. The Bertz CT molecular complexity index is 927. The monoisotopic (exact) mass is 466 g/mol. The third-order valence-corrected chi connectivity index (χ3v) is 5.88. The maximum atomic E-state index is 13.1. The van der Waals surface area contributed by atoms with E-state index >= 15 is 0 Å². The second-order valence-electron chi connectivity index (χ2n) is 9.94. The van der Waals surface area contributed by atoms with E-state index in [1.807, 2.05) is 51.2 Å². The lowest BCUT2D eigenvalue weighted by Crippen LogP contribution is -2.46. The van der Waals surface area contributed by atoms with Gasteiger partial charge in [-0.3, -0.25) is 24.9 Å². The normalized spacial score (nSPS) is 16.4. The number of aromatic nitrogens is 2. The SMILES string of the molecule is CC(C)(C)OC(=O)CCCCC[C@H](NC1CCCc2cccnc21)C(=O)NCc1ccccn1. The van der Waals surface area contributed by atoms with Gasteiger partial charge in [-0.15, -0.1) is 0 Å². The topological polar surface area (TPSA) is 93.2 Å². The molecular formula is C27H38N4O3. The second kappa shape index (κ2) is 12.6. The van der Waals surface area contributed by atoms with Crippen LogP contribution >= 0.6 is 0 Å². The van der Waals surface area contributed by atoms with Gasteiger partial charge in [0.1, 0.15) is 5.60 Å². The molecule has 0 saturated carbocycles. The smallest absolute Gasteiger partial charge is 0.306 e. The molecule has 0 spiro atoms. The van der Waals surface area contributed by atoms with E-state index in [9.17, 15) is 9.59 Å². The lowest BCUT2D eigenvalue weighted by Gasteiger charge is -2.29. The summed E-state index contributed by atoms with van der Waals surface area (Å²) in [5.41, 5.74) is 2.69. The molecule has 0 saturated heterocycles. The van der Waals surface area contributed by atoms with Gasteiger partial charge in [-0.25, -0.2) is 0 Å². The standard InChI is InChI=1S/C27H38N4O3/c1-27(2,3)34-24(32)16-6-4-5-14-23(26(33)30-19-21-13-7-8-17-28-21)31-22-15-9-11-20-12-10-18-29-25(20)22/h7-8,10,12-13,17-18,22-23,31H,4-6,9,11,14-16,19H2,1-3H3,(H,30,33)/t22?,23-/m0/s1. The number of carbonyl (C=O) groups is 2. The summed E-state index contributed by atoms with van der Waals surface area (Å²) in [7, 11) is 0. The van der Waals surface area contributed by atoms with Gasteiger partial charge in [-0.05, 0) is 76.6 Å². The number of aryl methyl sites for hydroxylation is 1. The van der Waals surface area contributed by atoms with Crippen LogP contribution < -0.4 is 10.6 Å². The predicted octanol–water partition coefficient (Wildman–Crippen LogP) is 4.42. The molecule has 1 amide bonds. The van der Waals surface area contributed by atoms with Gasteiger partial charge in [0.2, 0.25) is 5.91 Å². The highest BCUT2D eigenvalue weighted by Crippen LogP contribution is 2.28. The van der Waals surface area contributed by atoms with Gasteiger partial charge in [0, 0.05) is 18.8 Å². The van der Waals surface area contributed by atoms with Crippen LogP contribution in [0.5, 0.6) is 0 Å². The first-order chi connectivity index (χ1) is 16.3. The van der Waals surface area contributed by atoms with Crippen molar-refractivity contribution in [3.8, 4) is 0 Å². The molecule has 0 fully saturated rings. The molecule has 1 aliphatic rings. The Balaban J connectivity index is 1.55. The molecule has 34 heavy (non-hydrogen) atoms. The zero-order chi connectivity index (χ0) is 24.4. The Morgan fingerprint density at radius 2 is 1.91 bits per heavy atom. The van der Waals surface area contributed by atoms with Crippen molar-refractivity contribution in [2.24, 2.45) is 0 Å². The van der Waals surface area contributed by atoms with Gasteiger partial charge in [0.15, 0.2) is 0 Å². The Morgan fingerprint density at radius 1 is 1.09 bits per heavy atom. The van der Waals surface area contributed by atoms with E-state index in [4.69, 9.17) is 4.74 Å². The molecule has 0 aliphatic heterocycles. The summed E-state index contributed by atoms with van der Waals surface area (Å²) >= 11 is 0. The molecule has 7 nitrogen and oxygen atoms in total. The first-order valence-electron chi connectivity index (χ1n) is 12.4. The summed E-state index contributed by atoms with van der Waals surface area (Å²) in [6.07, 6.45) is 10.2. The molecule has 2 aromatic rings. The third-order valence-electron chi connectivity index (χ3n) is 5.88. The van der Waals surface area contributed by atoms with Crippen LogP contribution in [0.4, 0.5) is 0 Å². The van der Waals surface area contributed by atoms with Crippen molar-refractivity contribution in [2.75, 3.05) is 0 Å². The molecule has 0 bridgehead atoms. The molecule has 184 valence electrons. The van der Waals surface area contributed by atoms with Crippen molar-refractivity contribution in [1.82, 2.24) is 20.6 Å². The van der Waals surface area contributed by atoms with E-state index in [0.717, 1.165) is 49.9 Å². The van der Waals surface area contributed by atoms with Crippen LogP contribution in [0.1, 0.15) is 88.7 Å². The Hall–Kier alpha value is -2.80. The van der Waals surface area contributed by atoms with Crippen molar-refractivity contribution in [2.45, 2.75) is 96.4 Å². The van der Waals surface area contributed by atoms with Crippen LogP contribution in [0, 0.1) is 0 Å². The summed E-state index contributed by atoms with van der Waals surface area (Å²) < 4.78 is 5.38. The van der Waals surface area contributed by atoms with Crippen LogP contribution in [-0.2, 0) is 27.3 Å². The van der Waals surface area contributed by atoms with Crippen LogP contribution in [0.2, 0.25) is 0 Å². The minimum absolute atomic E-state index is 0.0270. The minimum Gasteiger partial charge on any atom is -0.460 e. The van der Waals surface area contributed by atoms with Crippen LogP contribution in [0.15, 0.2) is 42.7 Å². The largest absolute Gasteiger partial charge is 0.460 e. The first kappa shape index (κ1) is 25.8. The zero-order valence-electron chi connectivity index (χ0n) is 20.7. The number of fused-ring (bicyclic) bond motifs is 1. The van der Waals surface area contributed by atoms with Gasteiger partial charge in [-0.1, -0.05) is 25.0 Å². The molecule has 3 rings (SSSR count).